The SMILES string of the molecule is Cc1ncsc1-c1nc(=S)nc(N)[nH]1. The molecule has 0 atom stereocenters. The second-order valence-electron chi connectivity index (χ2n) is 2.63. The largest absolute Gasteiger partial charge is 0.369 e. The van der Waals surface area contributed by atoms with Crippen LogP contribution in [0.15, 0.2) is 5.51 Å². The highest BCUT2D eigenvalue weighted by Gasteiger charge is 2.07. The Kier molecular flexibility index (Phi) is 2.26. The topological polar surface area (TPSA) is 80.5 Å². The Morgan fingerprint density at radius 1 is 1.50 bits per heavy atom. The molecule has 0 aliphatic carbocycles. The lowest BCUT2D eigenvalue weighted by molar-refractivity contribution is 1.05. The first-order valence-corrected chi connectivity index (χ1v) is 5.10. The van der Waals surface area contributed by atoms with Gasteiger partial charge in [-0.3, -0.25) is 0 Å². The van der Waals surface area contributed by atoms with E-state index in [1.807, 2.05) is 6.92 Å². The van der Waals surface area contributed by atoms with Crippen LogP contribution < -0.4 is 5.73 Å². The normalized spacial score (nSPS) is 10.4. The number of nitrogens with two attached hydrogens (primary N) is 1. The van der Waals surface area contributed by atoms with Gasteiger partial charge in [-0.2, -0.15) is 9.97 Å². The molecule has 0 bridgehead atoms. The summed E-state index contributed by atoms with van der Waals surface area (Å²) in [6.07, 6.45) is 0. The molecule has 2 heterocycles. The fraction of sp³-hybridized carbons (Fsp3) is 0.143. The maximum Gasteiger partial charge on any atom is 0.224 e. The van der Waals surface area contributed by atoms with Crippen LogP contribution >= 0.6 is 23.6 Å². The van der Waals surface area contributed by atoms with Gasteiger partial charge < -0.3 is 10.7 Å². The number of aryl methyl sites for hydroxylation is 1. The van der Waals surface area contributed by atoms with Crippen LogP contribution in [-0.2, 0) is 0 Å². The maximum absolute atomic E-state index is 5.53. The summed E-state index contributed by atoms with van der Waals surface area (Å²) in [5.41, 5.74) is 8.18. The Labute approximate surface area is 89.1 Å². The summed E-state index contributed by atoms with van der Waals surface area (Å²) in [6, 6.07) is 0. The van der Waals surface area contributed by atoms with Gasteiger partial charge in [0.15, 0.2) is 5.82 Å². The summed E-state index contributed by atoms with van der Waals surface area (Å²) in [6.45, 7) is 1.90. The minimum Gasteiger partial charge on any atom is -0.369 e. The van der Waals surface area contributed by atoms with E-state index in [1.54, 1.807) is 5.51 Å². The van der Waals surface area contributed by atoms with E-state index >= 15 is 0 Å². The number of anilines is 1. The molecule has 3 N–H and O–H groups in total. The fourth-order valence-electron chi connectivity index (χ4n) is 1.04. The fourth-order valence-corrected chi connectivity index (χ4v) is 1.98. The number of nitrogens with zero attached hydrogens (tertiary/aromatic N) is 3. The van der Waals surface area contributed by atoms with E-state index < -0.39 is 0 Å². The van der Waals surface area contributed by atoms with Gasteiger partial charge in [-0.05, 0) is 19.1 Å². The van der Waals surface area contributed by atoms with E-state index in [9.17, 15) is 0 Å². The van der Waals surface area contributed by atoms with Crippen LogP contribution in [0.4, 0.5) is 5.95 Å². The lowest BCUT2D eigenvalue weighted by Crippen LogP contribution is -1.99. The van der Waals surface area contributed by atoms with Crippen molar-refractivity contribution >= 4 is 29.5 Å². The molecule has 0 unspecified atom stereocenters. The van der Waals surface area contributed by atoms with Crippen molar-refractivity contribution in [3.05, 3.63) is 16.0 Å². The van der Waals surface area contributed by atoms with E-state index in [2.05, 4.69) is 19.9 Å². The molecule has 2 aromatic rings. The molecule has 0 spiro atoms. The summed E-state index contributed by atoms with van der Waals surface area (Å²) in [5, 5.41) is 0. The molecular formula is C7H7N5S2. The molecule has 0 aliphatic heterocycles. The number of nitrogen functional groups attached to an aromatic ring is 1. The minimum atomic E-state index is 0.240. The highest BCUT2D eigenvalue weighted by molar-refractivity contribution is 7.71. The van der Waals surface area contributed by atoms with Crippen LogP contribution in [0.3, 0.4) is 0 Å². The molecule has 0 aromatic carbocycles. The van der Waals surface area contributed by atoms with Gasteiger partial charge in [-0.15, -0.1) is 11.3 Å². The molecule has 0 saturated carbocycles. The lowest BCUT2D eigenvalue weighted by atomic mass is 10.4. The third-order valence-electron chi connectivity index (χ3n) is 1.63. The first-order valence-electron chi connectivity index (χ1n) is 3.81. The first-order chi connectivity index (χ1) is 6.66. The molecule has 5 nitrogen and oxygen atoms in total. The zero-order valence-electron chi connectivity index (χ0n) is 7.31. The molecule has 2 rings (SSSR count). The van der Waals surface area contributed by atoms with Crippen molar-refractivity contribution in [2.24, 2.45) is 0 Å². The van der Waals surface area contributed by atoms with Crippen LogP contribution in [0.1, 0.15) is 5.69 Å². The van der Waals surface area contributed by atoms with Crippen molar-refractivity contribution in [2.75, 3.05) is 5.73 Å². The molecule has 0 fully saturated rings. The van der Waals surface area contributed by atoms with Crippen molar-refractivity contribution in [1.82, 2.24) is 19.9 Å². The average molecular weight is 225 g/mol. The second-order valence-corrected chi connectivity index (χ2v) is 3.85. The van der Waals surface area contributed by atoms with Gasteiger partial charge in [-0.1, -0.05) is 0 Å². The molecule has 72 valence electrons. The predicted octanol–water partition coefficient (Wildman–Crippen LogP) is 1.55. The third-order valence-corrected chi connectivity index (χ3v) is 2.75. The zero-order valence-corrected chi connectivity index (χ0v) is 8.95. The molecule has 2 aromatic heterocycles. The first kappa shape index (κ1) is 9.22. The van der Waals surface area contributed by atoms with Gasteiger partial charge in [-0.25, -0.2) is 4.98 Å². The van der Waals surface area contributed by atoms with Crippen molar-refractivity contribution in [1.29, 1.82) is 0 Å². The number of nitrogens with one attached hydrogen (secondary N) is 1. The number of rotatable bonds is 1. The average Bonchev–Trinajstić information content (AvgIpc) is 2.49. The van der Waals surface area contributed by atoms with Crippen molar-refractivity contribution < 1.29 is 0 Å². The van der Waals surface area contributed by atoms with Crippen molar-refractivity contribution in [3.63, 3.8) is 0 Å². The van der Waals surface area contributed by atoms with Crippen LogP contribution in [-0.4, -0.2) is 19.9 Å². The Hall–Kier alpha value is -1.34. The van der Waals surface area contributed by atoms with Gasteiger partial charge in [0.05, 0.1) is 16.1 Å². The molecule has 0 amide bonds. The third kappa shape index (κ3) is 1.64. The molecule has 0 radical (unpaired) electrons. The van der Waals surface area contributed by atoms with Gasteiger partial charge >= 0.3 is 0 Å². The van der Waals surface area contributed by atoms with E-state index in [1.165, 1.54) is 11.3 Å². The van der Waals surface area contributed by atoms with Gasteiger partial charge in [0, 0.05) is 0 Å². The Morgan fingerprint density at radius 2 is 2.29 bits per heavy atom. The Bertz CT molecular complexity index is 515. The molecule has 0 aliphatic rings. The number of aromatic nitrogens is 4. The van der Waals surface area contributed by atoms with Crippen LogP contribution in [0.2, 0.25) is 0 Å². The lowest BCUT2D eigenvalue weighted by Gasteiger charge is -1.99. The van der Waals surface area contributed by atoms with Gasteiger partial charge in [0.25, 0.3) is 0 Å². The highest BCUT2D eigenvalue weighted by atomic mass is 32.1. The Morgan fingerprint density at radius 3 is 2.86 bits per heavy atom. The smallest absolute Gasteiger partial charge is 0.224 e. The quantitative estimate of drug-likeness (QED) is 0.720. The van der Waals surface area contributed by atoms with Gasteiger partial charge in [0.1, 0.15) is 0 Å². The van der Waals surface area contributed by atoms with Crippen LogP contribution in [0.25, 0.3) is 10.7 Å². The van der Waals surface area contributed by atoms with E-state index in [0.717, 1.165) is 10.6 Å². The van der Waals surface area contributed by atoms with Crippen molar-refractivity contribution in [3.8, 4) is 10.7 Å². The van der Waals surface area contributed by atoms with Crippen molar-refractivity contribution in [2.45, 2.75) is 6.92 Å². The predicted molar refractivity (Wildman–Crippen MR) is 57.5 cm³/mol. The highest BCUT2D eigenvalue weighted by Crippen LogP contribution is 2.23. The molecule has 14 heavy (non-hydrogen) atoms. The molecule has 7 heteroatoms. The van der Waals surface area contributed by atoms with Crippen LogP contribution in [0.5, 0.6) is 0 Å². The monoisotopic (exact) mass is 225 g/mol. The summed E-state index contributed by atoms with van der Waals surface area (Å²) in [7, 11) is 0. The number of hydrogen-bond acceptors (Lipinski definition) is 6. The summed E-state index contributed by atoms with van der Waals surface area (Å²) in [4.78, 5) is 15.8. The summed E-state index contributed by atoms with van der Waals surface area (Å²) in [5.74, 6) is 0.898. The van der Waals surface area contributed by atoms with Gasteiger partial charge in [0.2, 0.25) is 10.7 Å². The zero-order chi connectivity index (χ0) is 10.1. The van der Waals surface area contributed by atoms with E-state index in [0.29, 0.717) is 5.82 Å². The number of aromatic amines is 1. The minimum absolute atomic E-state index is 0.240. The summed E-state index contributed by atoms with van der Waals surface area (Å²) >= 11 is 6.35. The number of H-pyrrole nitrogens is 1. The van der Waals surface area contributed by atoms with E-state index in [4.69, 9.17) is 18.0 Å². The molecular weight excluding hydrogens is 218 g/mol. The number of thiazole rings is 1. The standard InChI is InChI=1S/C7H7N5S2/c1-3-4(14-2-9-3)5-10-6(8)12-7(13)11-5/h2H,1H3,(H3,8,10,11,12,13). The maximum atomic E-state index is 5.53. The molecule has 0 saturated heterocycles. The van der Waals surface area contributed by atoms with E-state index in [-0.39, 0.29) is 10.7 Å². The van der Waals surface area contributed by atoms with Crippen LogP contribution in [0, 0.1) is 11.7 Å². The Balaban J connectivity index is 2.63. The number of hydrogen-bond donors (Lipinski definition) is 2. The summed E-state index contributed by atoms with van der Waals surface area (Å²) < 4.78 is 0.240. The second kappa shape index (κ2) is 3.43.